The minimum atomic E-state index is -0.325. The van der Waals surface area contributed by atoms with E-state index < -0.39 is 0 Å². The summed E-state index contributed by atoms with van der Waals surface area (Å²) in [6.45, 7) is 2.69. The summed E-state index contributed by atoms with van der Waals surface area (Å²) in [4.78, 5) is 11.3. The first-order valence-electron chi connectivity index (χ1n) is 5.24. The van der Waals surface area contributed by atoms with Crippen LogP contribution in [-0.2, 0) is 4.74 Å². The number of carbonyl (C=O) groups excluding carboxylic acids is 1. The number of aldehydes is 1. The molecule has 1 aromatic rings. The fourth-order valence-electron chi connectivity index (χ4n) is 1.76. The van der Waals surface area contributed by atoms with Crippen molar-refractivity contribution in [3.63, 3.8) is 0 Å². The molecule has 2 nitrogen and oxygen atoms in total. The predicted octanol–water partition coefficient (Wildman–Crippen LogP) is 2.91. The number of hydrogen-bond acceptors (Lipinski definition) is 3. The summed E-state index contributed by atoms with van der Waals surface area (Å²) in [5.74, 6) is -0.325. The van der Waals surface area contributed by atoms with Gasteiger partial charge in [-0.05, 0) is 19.4 Å². The quantitative estimate of drug-likeness (QED) is 0.760. The average Bonchev–Trinajstić information content (AvgIpc) is 2.67. The molecule has 2 rings (SSSR count). The lowest BCUT2D eigenvalue weighted by atomic mass is 10.2. The summed E-state index contributed by atoms with van der Waals surface area (Å²) >= 11 is 1.41. The van der Waals surface area contributed by atoms with Crippen LogP contribution in [0.25, 0.3) is 0 Å². The lowest BCUT2D eigenvalue weighted by Crippen LogP contribution is -2.13. The third-order valence-electron chi connectivity index (χ3n) is 2.70. The normalized spacial score (nSPS) is 24.6. The maximum atomic E-state index is 13.6. The molecule has 0 aromatic heterocycles. The summed E-state index contributed by atoms with van der Waals surface area (Å²) in [7, 11) is 0. The second kappa shape index (κ2) is 4.97. The Morgan fingerprint density at radius 2 is 2.38 bits per heavy atom. The SMILES string of the molecule is CC1OCCC1Sc1c(F)cccc1C=O. The van der Waals surface area contributed by atoms with Crippen molar-refractivity contribution in [2.24, 2.45) is 0 Å². The van der Waals surface area contributed by atoms with Crippen molar-refractivity contribution in [3.05, 3.63) is 29.6 Å². The second-order valence-electron chi connectivity index (χ2n) is 3.80. The summed E-state index contributed by atoms with van der Waals surface area (Å²) in [5, 5.41) is 0.232. The highest BCUT2D eigenvalue weighted by Gasteiger charge is 2.26. The molecule has 1 heterocycles. The molecule has 0 aliphatic carbocycles. The van der Waals surface area contributed by atoms with Crippen molar-refractivity contribution in [1.29, 1.82) is 0 Å². The van der Waals surface area contributed by atoms with E-state index in [0.717, 1.165) is 6.42 Å². The van der Waals surface area contributed by atoms with Gasteiger partial charge in [-0.1, -0.05) is 12.1 Å². The van der Waals surface area contributed by atoms with E-state index in [9.17, 15) is 9.18 Å². The molecular weight excluding hydrogens is 227 g/mol. The molecule has 0 bridgehead atoms. The molecule has 1 aliphatic heterocycles. The van der Waals surface area contributed by atoms with Crippen molar-refractivity contribution < 1.29 is 13.9 Å². The Hall–Kier alpha value is -0.870. The van der Waals surface area contributed by atoms with Crippen molar-refractivity contribution in [1.82, 2.24) is 0 Å². The van der Waals surface area contributed by atoms with Crippen molar-refractivity contribution >= 4 is 18.0 Å². The van der Waals surface area contributed by atoms with Crippen LogP contribution in [0, 0.1) is 5.82 Å². The standard InChI is InChI=1S/C12H13FO2S/c1-8-11(5-6-15-8)16-12-9(7-14)3-2-4-10(12)13/h2-4,7-8,11H,5-6H2,1H3. The molecule has 1 fully saturated rings. The van der Waals surface area contributed by atoms with Gasteiger partial charge in [-0.3, -0.25) is 4.79 Å². The predicted molar refractivity (Wildman–Crippen MR) is 61.5 cm³/mol. The van der Waals surface area contributed by atoms with E-state index in [1.54, 1.807) is 12.1 Å². The summed E-state index contributed by atoms with van der Waals surface area (Å²) < 4.78 is 19.0. The van der Waals surface area contributed by atoms with Gasteiger partial charge in [0.2, 0.25) is 0 Å². The highest BCUT2D eigenvalue weighted by molar-refractivity contribution is 8.00. The Bertz CT molecular complexity index is 395. The Labute approximate surface area is 98.2 Å². The van der Waals surface area contributed by atoms with Gasteiger partial charge in [0.1, 0.15) is 5.82 Å². The Morgan fingerprint density at radius 3 is 3.00 bits per heavy atom. The summed E-state index contributed by atoms with van der Waals surface area (Å²) in [5.41, 5.74) is 0.420. The molecular formula is C12H13FO2S. The Balaban J connectivity index is 2.22. The van der Waals surface area contributed by atoms with Crippen LogP contribution in [0.15, 0.2) is 23.1 Å². The zero-order chi connectivity index (χ0) is 11.5. The highest BCUT2D eigenvalue weighted by atomic mass is 32.2. The van der Waals surface area contributed by atoms with E-state index in [4.69, 9.17) is 4.74 Å². The molecule has 0 radical (unpaired) electrons. The molecule has 16 heavy (non-hydrogen) atoms. The highest BCUT2D eigenvalue weighted by Crippen LogP contribution is 2.35. The van der Waals surface area contributed by atoms with Crippen LogP contribution in [0.5, 0.6) is 0 Å². The zero-order valence-electron chi connectivity index (χ0n) is 8.98. The fourth-order valence-corrected chi connectivity index (χ4v) is 2.98. The average molecular weight is 240 g/mol. The summed E-state index contributed by atoms with van der Waals surface area (Å²) in [6.07, 6.45) is 1.72. The summed E-state index contributed by atoms with van der Waals surface area (Å²) in [6, 6.07) is 4.58. The van der Waals surface area contributed by atoms with E-state index >= 15 is 0 Å². The van der Waals surface area contributed by atoms with E-state index in [1.165, 1.54) is 17.8 Å². The molecule has 86 valence electrons. The minimum absolute atomic E-state index is 0.115. The zero-order valence-corrected chi connectivity index (χ0v) is 9.80. The molecule has 1 aromatic carbocycles. The van der Waals surface area contributed by atoms with Crippen molar-refractivity contribution in [3.8, 4) is 0 Å². The lowest BCUT2D eigenvalue weighted by molar-refractivity contribution is 0.111. The van der Waals surface area contributed by atoms with Gasteiger partial charge in [0.25, 0.3) is 0 Å². The molecule has 0 saturated carbocycles. The van der Waals surface area contributed by atoms with Crippen LogP contribution in [0.2, 0.25) is 0 Å². The third-order valence-corrected chi connectivity index (χ3v) is 4.29. The molecule has 2 unspecified atom stereocenters. The van der Waals surface area contributed by atoms with E-state index in [-0.39, 0.29) is 17.2 Å². The number of benzene rings is 1. The number of rotatable bonds is 3. The van der Waals surface area contributed by atoms with Crippen LogP contribution in [0.3, 0.4) is 0 Å². The molecule has 0 N–H and O–H groups in total. The largest absolute Gasteiger partial charge is 0.377 e. The van der Waals surface area contributed by atoms with Crippen LogP contribution >= 0.6 is 11.8 Å². The van der Waals surface area contributed by atoms with Gasteiger partial charge in [-0.2, -0.15) is 0 Å². The first kappa shape index (κ1) is 11.6. The molecule has 4 heteroatoms. The van der Waals surface area contributed by atoms with Gasteiger partial charge in [0.05, 0.1) is 11.0 Å². The first-order valence-corrected chi connectivity index (χ1v) is 6.12. The van der Waals surface area contributed by atoms with Crippen LogP contribution in [-0.4, -0.2) is 24.2 Å². The molecule has 0 spiro atoms. The van der Waals surface area contributed by atoms with E-state index in [0.29, 0.717) is 23.4 Å². The van der Waals surface area contributed by atoms with E-state index in [1.807, 2.05) is 6.92 Å². The molecule has 1 aliphatic rings. The van der Waals surface area contributed by atoms with Crippen molar-refractivity contribution in [2.75, 3.05) is 6.61 Å². The molecule has 2 atom stereocenters. The van der Waals surface area contributed by atoms with Gasteiger partial charge in [0, 0.05) is 17.4 Å². The molecule has 1 saturated heterocycles. The third kappa shape index (κ3) is 2.28. The van der Waals surface area contributed by atoms with Crippen LogP contribution < -0.4 is 0 Å². The number of thioether (sulfide) groups is 1. The second-order valence-corrected chi connectivity index (χ2v) is 5.05. The van der Waals surface area contributed by atoms with Gasteiger partial charge in [-0.15, -0.1) is 11.8 Å². The first-order chi connectivity index (χ1) is 7.72. The van der Waals surface area contributed by atoms with Gasteiger partial charge in [0.15, 0.2) is 6.29 Å². The maximum absolute atomic E-state index is 13.6. The Morgan fingerprint density at radius 1 is 1.56 bits per heavy atom. The number of hydrogen-bond donors (Lipinski definition) is 0. The molecule has 0 amide bonds. The van der Waals surface area contributed by atoms with Crippen LogP contribution in [0.4, 0.5) is 4.39 Å². The topological polar surface area (TPSA) is 26.3 Å². The van der Waals surface area contributed by atoms with Gasteiger partial charge >= 0.3 is 0 Å². The van der Waals surface area contributed by atoms with Crippen molar-refractivity contribution in [2.45, 2.75) is 29.6 Å². The van der Waals surface area contributed by atoms with Gasteiger partial charge in [-0.25, -0.2) is 4.39 Å². The number of carbonyl (C=O) groups is 1. The van der Waals surface area contributed by atoms with Gasteiger partial charge < -0.3 is 4.74 Å². The minimum Gasteiger partial charge on any atom is -0.377 e. The Kier molecular flexibility index (Phi) is 3.61. The van der Waals surface area contributed by atoms with Crippen LogP contribution in [0.1, 0.15) is 23.7 Å². The lowest BCUT2D eigenvalue weighted by Gasteiger charge is -2.14. The smallest absolute Gasteiger partial charge is 0.151 e. The maximum Gasteiger partial charge on any atom is 0.151 e. The number of ether oxygens (including phenoxy) is 1. The number of halogens is 1. The monoisotopic (exact) mass is 240 g/mol. The van der Waals surface area contributed by atoms with E-state index in [2.05, 4.69) is 0 Å². The fraction of sp³-hybridized carbons (Fsp3) is 0.417.